The Hall–Kier alpha value is -2.55. The second kappa shape index (κ2) is 6.80. The predicted octanol–water partition coefficient (Wildman–Crippen LogP) is 3.64. The summed E-state index contributed by atoms with van der Waals surface area (Å²) in [6.07, 6.45) is -2.81. The van der Waals surface area contributed by atoms with Crippen molar-refractivity contribution in [1.29, 1.82) is 0 Å². The molecular formula is C18H17ClF3N5O. The van der Waals surface area contributed by atoms with Crippen LogP contribution in [0.4, 0.5) is 19.1 Å². The summed E-state index contributed by atoms with van der Waals surface area (Å²) in [5, 5.41) is 0.487. The lowest BCUT2D eigenvalue weighted by molar-refractivity contribution is -0.168. The van der Waals surface area contributed by atoms with Gasteiger partial charge in [-0.05, 0) is 37.6 Å². The Morgan fingerprint density at radius 3 is 2.57 bits per heavy atom. The van der Waals surface area contributed by atoms with Gasteiger partial charge in [0.25, 0.3) is 5.56 Å². The maximum absolute atomic E-state index is 13.2. The number of nitrogens with zero attached hydrogens (tertiary/aromatic N) is 5. The molecular weight excluding hydrogens is 395 g/mol. The van der Waals surface area contributed by atoms with Crippen molar-refractivity contribution in [2.45, 2.75) is 26.1 Å². The van der Waals surface area contributed by atoms with Crippen molar-refractivity contribution in [2.75, 3.05) is 18.0 Å². The van der Waals surface area contributed by atoms with Gasteiger partial charge in [-0.25, -0.2) is 9.55 Å². The van der Waals surface area contributed by atoms with Crippen LogP contribution in [-0.2, 0) is 6.54 Å². The lowest BCUT2D eigenvalue weighted by Crippen LogP contribution is -2.33. The van der Waals surface area contributed by atoms with Crippen LogP contribution >= 0.6 is 11.6 Å². The van der Waals surface area contributed by atoms with E-state index in [1.54, 1.807) is 28.8 Å². The van der Waals surface area contributed by atoms with Crippen LogP contribution < -0.4 is 10.5 Å². The van der Waals surface area contributed by atoms with Gasteiger partial charge in [-0.1, -0.05) is 11.6 Å². The van der Waals surface area contributed by atoms with E-state index >= 15 is 0 Å². The Balaban J connectivity index is 1.91. The van der Waals surface area contributed by atoms with Crippen molar-refractivity contribution in [1.82, 2.24) is 19.1 Å². The predicted molar refractivity (Wildman–Crippen MR) is 100 cm³/mol. The molecule has 148 valence electrons. The number of anilines is 1. The third-order valence-electron chi connectivity index (χ3n) is 4.98. The molecule has 1 aliphatic heterocycles. The first-order valence-electron chi connectivity index (χ1n) is 8.85. The summed E-state index contributed by atoms with van der Waals surface area (Å²) in [4.78, 5) is 23.4. The summed E-state index contributed by atoms with van der Waals surface area (Å²) in [7, 11) is 0. The van der Waals surface area contributed by atoms with Gasteiger partial charge in [0, 0.05) is 24.7 Å². The summed E-state index contributed by atoms with van der Waals surface area (Å²) >= 11 is 5.94. The SMILES string of the molecule is CCn1cnc2c(=O)n(-c3ccc(Cl)cc3)c(N3CCC(C(F)(F)F)C3)nc21. The lowest BCUT2D eigenvalue weighted by atomic mass is 10.1. The summed E-state index contributed by atoms with van der Waals surface area (Å²) in [5.74, 6) is -1.27. The normalized spacial score (nSPS) is 17.6. The monoisotopic (exact) mass is 411 g/mol. The summed E-state index contributed by atoms with van der Waals surface area (Å²) in [5.41, 5.74) is 0.584. The van der Waals surface area contributed by atoms with Crippen molar-refractivity contribution >= 4 is 28.7 Å². The molecule has 0 aliphatic carbocycles. The van der Waals surface area contributed by atoms with Crippen molar-refractivity contribution in [3.63, 3.8) is 0 Å². The molecule has 1 fully saturated rings. The van der Waals surface area contributed by atoms with Crippen LogP contribution in [0.1, 0.15) is 13.3 Å². The van der Waals surface area contributed by atoms with Gasteiger partial charge in [-0.15, -0.1) is 0 Å². The van der Waals surface area contributed by atoms with Crippen molar-refractivity contribution < 1.29 is 13.2 Å². The maximum atomic E-state index is 13.2. The van der Waals surface area contributed by atoms with E-state index in [-0.39, 0.29) is 31.0 Å². The molecule has 0 spiro atoms. The second-order valence-electron chi connectivity index (χ2n) is 6.70. The highest BCUT2D eigenvalue weighted by Gasteiger charge is 2.44. The third-order valence-corrected chi connectivity index (χ3v) is 5.23. The van der Waals surface area contributed by atoms with Crippen LogP contribution in [0.5, 0.6) is 0 Å². The van der Waals surface area contributed by atoms with Gasteiger partial charge in [0.15, 0.2) is 11.2 Å². The minimum Gasteiger partial charge on any atom is -0.341 e. The molecule has 10 heteroatoms. The molecule has 0 bridgehead atoms. The molecule has 4 rings (SSSR count). The fourth-order valence-electron chi connectivity index (χ4n) is 3.46. The smallest absolute Gasteiger partial charge is 0.341 e. The molecule has 0 N–H and O–H groups in total. The number of aromatic nitrogens is 4. The molecule has 1 saturated heterocycles. The van der Waals surface area contributed by atoms with Crippen molar-refractivity contribution in [3.8, 4) is 5.69 Å². The number of halogens is 4. The lowest BCUT2D eigenvalue weighted by Gasteiger charge is -2.22. The van der Waals surface area contributed by atoms with Gasteiger partial charge in [-0.2, -0.15) is 18.2 Å². The van der Waals surface area contributed by atoms with E-state index in [1.165, 1.54) is 15.8 Å². The molecule has 1 aliphatic rings. The molecule has 6 nitrogen and oxygen atoms in total. The number of alkyl halides is 3. The zero-order chi connectivity index (χ0) is 20.1. The highest BCUT2D eigenvalue weighted by molar-refractivity contribution is 6.30. The topological polar surface area (TPSA) is 56.0 Å². The Bertz CT molecular complexity index is 1070. The number of aryl methyl sites for hydroxylation is 1. The molecule has 0 saturated carbocycles. The molecule has 1 aromatic carbocycles. The third kappa shape index (κ3) is 3.13. The average Bonchev–Trinajstić information content (AvgIpc) is 3.29. The molecule has 2 aromatic heterocycles. The summed E-state index contributed by atoms with van der Waals surface area (Å²) in [6.45, 7) is 2.34. The van der Waals surface area contributed by atoms with E-state index in [1.807, 2.05) is 6.92 Å². The molecule has 0 radical (unpaired) electrons. The van der Waals surface area contributed by atoms with E-state index in [4.69, 9.17) is 11.6 Å². The molecule has 1 unspecified atom stereocenters. The number of hydrogen-bond acceptors (Lipinski definition) is 4. The number of imidazole rings is 1. The summed E-state index contributed by atoms with van der Waals surface area (Å²) in [6, 6.07) is 6.50. The Kier molecular flexibility index (Phi) is 4.57. The fraction of sp³-hybridized carbons (Fsp3) is 0.389. The number of fused-ring (bicyclic) bond motifs is 1. The van der Waals surface area contributed by atoms with Crippen LogP contribution in [0.15, 0.2) is 35.4 Å². The van der Waals surface area contributed by atoms with Crippen LogP contribution in [-0.4, -0.2) is 38.4 Å². The van der Waals surface area contributed by atoms with Crippen LogP contribution in [0, 0.1) is 5.92 Å². The number of hydrogen-bond donors (Lipinski definition) is 0. The fourth-order valence-corrected chi connectivity index (χ4v) is 3.59. The maximum Gasteiger partial charge on any atom is 0.393 e. The van der Waals surface area contributed by atoms with Crippen molar-refractivity contribution in [2.24, 2.45) is 5.92 Å². The Morgan fingerprint density at radius 2 is 1.96 bits per heavy atom. The molecule has 28 heavy (non-hydrogen) atoms. The van der Waals surface area contributed by atoms with E-state index in [9.17, 15) is 18.0 Å². The van der Waals surface area contributed by atoms with E-state index in [0.717, 1.165) is 0 Å². The first kappa shape index (κ1) is 18.8. The zero-order valence-electron chi connectivity index (χ0n) is 14.9. The van der Waals surface area contributed by atoms with Crippen LogP contribution in [0.3, 0.4) is 0 Å². The number of rotatable bonds is 3. The van der Waals surface area contributed by atoms with Gasteiger partial charge in [0.05, 0.1) is 17.9 Å². The standard InChI is InChI=1S/C18H17ClF3N5O/c1-2-25-10-23-14-15(25)24-17(26-8-7-11(9-26)18(20,21)22)27(16(14)28)13-5-3-12(19)4-6-13/h3-6,10-11H,2,7-9H2,1H3. The summed E-state index contributed by atoms with van der Waals surface area (Å²) < 4.78 is 42.5. The molecule has 3 aromatic rings. The van der Waals surface area contributed by atoms with E-state index in [2.05, 4.69) is 9.97 Å². The van der Waals surface area contributed by atoms with Crippen LogP contribution in [0.25, 0.3) is 16.9 Å². The zero-order valence-corrected chi connectivity index (χ0v) is 15.7. The minimum absolute atomic E-state index is 0.0366. The first-order chi connectivity index (χ1) is 13.3. The van der Waals surface area contributed by atoms with E-state index < -0.39 is 17.7 Å². The molecule has 1 atom stereocenters. The van der Waals surface area contributed by atoms with Gasteiger partial charge in [0.2, 0.25) is 5.95 Å². The largest absolute Gasteiger partial charge is 0.393 e. The Morgan fingerprint density at radius 1 is 1.25 bits per heavy atom. The second-order valence-corrected chi connectivity index (χ2v) is 7.14. The molecule has 3 heterocycles. The van der Waals surface area contributed by atoms with Crippen LogP contribution in [0.2, 0.25) is 5.02 Å². The van der Waals surface area contributed by atoms with Gasteiger partial charge < -0.3 is 9.47 Å². The average molecular weight is 412 g/mol. The van der Waals surface area contributed by atoms with E-state index in [0.29, 0.717) is 22.9 Å². The van der Waals surface area contributed by atoms with Gasteiger partial charge in [0.1, 0.15) is 0 Å². The first-order valence-corrected chi connectivity index (χ1v) is 9.23. The Labute approximate surface area is 163 Å². The quantitative estimate of drug-likeness (QED) is 0.660. The minimum atomic E-state index is -4.28. The molecule has 0 amide bonds. The van der Waals surface area contributed by atoms with Crippen molar-refractivity contribution in [3.05, 3.63) is 46.0 Å². The number of benzene rings is 1. The van der Waals surface area contributed by atoms with Gasteiger partial charge >= 0.3 is 6.18 Å². The highest BCUT2D eigenvalue weighted by atomic mass is 35.5. The van der Waals surface area contributed by atoms with Gasteiger partial charge in [-0.3, -0.25) is 4.79 Å². The highest BCUT2D eigenvalue weighted by Crippen LogP contribution is 2.35.